The zero-order valence-electron chi connectivity index (χ0n) is 20.0. The lowest BCUT2D eigenvalue weighted by Crippen LogP contribution is -2.54. The van der Waals surface area contributed by atoms with Crippen LogP contribution in [0.5, 0.6) is 0 Å². The van der Waals surface area contributed by atoms with Gasteiger partial charge in [0.25, 0.3) is 5.91 Å². The Hall–Kier alpha value is -2.57. The van der Waals surface area contributed by atoms with Gasteiger partial charge in [-0.25, -0.2) is 18.2 Å². The molecule has 0 spiro atoms. The number of aromatic nitrogens is 1. The van der Waals surface area contributed by atoms with Gasteiger partial charge in [-0.1, -0.05) is 35.1 Å². The lowest BCUT2D eigenvalue weighted by molar-refractivity contribution is 0.0967. The highest BCUT2D eigenvalue weighted by Gasteiger charge is 2.22. The molecule has 4 rings (SSSR count). The summed E-state index contributed by atoms with van der Waals surface area (Å²) in [4.78, 5) is 31.4. The average Bonchev–Trinajstić information content (AvgIpc) is 3.19. The predicted octanol–water partition coefficient (Wildman–Crippen LogP) is 3.76. The van der Waals surface area contributed by atoms with Crippen LogP contribution in [0.3, 0.4) is 0 Å². The molecule has 1 saturated heterocycles. The maximum absolute atomic E-state index is 12.9. The third kappa shape index (κ3) is 6.60. The molecule has 2 atom stereocenters. The fourth-order valence-corrected chi connectivity index (χ4v) is 6.83. The van der Waals surface area contributed by atoms with E-state index in [2.05, 4.69) is 39.7 Å². The number of anilines is 1. The van der Waals surface area contributed by atoms with Crippen LogP contribution >= 0.6 is 22.9 Å². The van der Waals surface area contributed by atoms with E-state index in [1.54, 1.807) is 30.3 Å². The van der Waals surface area contributed by atoms with Crippen LogP contribution in [0.25, 0.3) is 10.2 Å². The summed E-state index contributed by atoms with van der Waals surface area (Å²) in [6.45, 7) is 6.81. The van der Waals surface area contributed by atoms with Crippen molar-refractivity contribution >= 4 is 60.1 Å². The molecular formula is C24H28ClN5O4S2. The molecule has 3 amide bonds. The van der Waals surface area contributed by atoms with E-state index < -0.39 is 21.8 Å². The third-order valence-corrected chi connectivity index (χ3v) is 8.87. The van der Waals surface area contributed by atoms with Crippen LogP contribution in [0, 0.1) is 0 Å². The number of amides is 3. The molecule has 2 heterocycles. The van der Waals surface area contributed by atoms with Crippen LogP contribution in [0.1, 0.15) is 30.6 Å². The maximum Gasteiger partial charge on any atom is 0.327 e. The lowest BCUT2D eigenvalue weighted by Gasteiger charge is -2.36. The van der Waals surface area contributed by atoms with Crippen molar-refractivity contribution in [3.63, 3.8) is 0 Å². The second-order valence-corrected chi connectivity index (χ2v) is 12.5. The maximum atomic E-state index is 12.9. The van der Waals surface area contributed by atoms with Crippen molar-refractivity contribution in [3.05, 3.63) is 53.1 Å². The Balaban J connectivity index is 1.36. The molecule has 36 heavy (non-hydrogen) atoms. The number of nitrogens with one attached hydrogen (secondary N) is 3. The first-order valence-electron chi connectivity index (χ1n) is 11.6. The van der Waals surface area contributed by atoms with E-state index in [4.69, 9.17) is 11.6 Å². The van der Waals surface area contributed by atoms with E-state index in [-0.39, 0.29) is 26.4 Å². The van der Waals surface area contributed by atoms with E-state index in [9.17, 15) is 18.0 Å². The fraction of sp³-hybridized carbons (Fsp3) is 0.375. The fourth-order valence-electron chi connectivity index (χ4n) is 4.31. The first-order chi connectivity index (χ1) is 17.1. The van der Waals surface area contributed by atoms with Crippen LogP contribution in [-0.4, -0.2) is 67.7 Å². The van der Waals surface area contributed by atoms with Gasteiger partial charge in [0.15, 0.2) is 15.0 Å². The summed E-state index contributed by atoms with van der Waals surface area (Å²) in [5.74, 6) is -0.584. The Bertz CT molecular complexity index is 1370. The first kappa shape index (κ1) is 26.5. The summed E-state index contributed by atoms with van der Waals surface area (Å²) < 4.78 is 26.5. The number of benzene rings is 2. The average molecular weight is 550 g/mol. The molecule has 3 aromatic rings. The molecular weight excluding hydrogens is 522 g/mol. The zero-order chi connectivity index (χ0) is 25.9. The number of imide groups is 1. The number of urea groups is 1. The van der Waals surface area contributed by atoms with Crippen LogP contribution in [0.2, 0.25) is 5.02 Å². The minimum absolute atomic E-state index is 0.0572. The second-order valence-electron chi connectivity index (χ2n) is 8.94. The summed E-state index contributed by atoms with van der Waals surface area (Å²) in [5, 5.41) is 8.68. The summed E-state index contributed by atoms with van der Waals surface area (Å²) >= 11 is 7.12. The van der Waals surface area contributed by atoms with Gasteiger partial charge in [0, 0.05) is 25.2 Å². The molecule has 3 N–H and O–H groups in total. The van der Waals surface area contributed by atoms with Crippen LogP contribution in [0.15, 0.2) is 47.4 Å². The van der Waals surface area contributed by atoms with Crippen molar-refractivity contribution in [2.24, 2.45) is 0 Å². The van der Waals surface area contributed by atoms with Gasteiger partial charge in [0.1, 0.15) is 0 Å². The van der Waals surface area contributed by atoms with E-state index in [0.29, 0.717) is 28.7 Å². The van der Waals surface area contributed by atoms with E-state index in [1.807, 2.05) is 0 Å². The largest absolute Gasteiger partial charge is 0.327 e. The number of hydrogen-bond donors (Lipinski definition) is 3. The quantitative estimate of drug-likeness (QED) is 0.410. The molecule has 192 valence electrons. The van der Waals surface area contributed by atoms with Crippen LogP contribution in [-0.2, 0) is 9.84 Å². The zero-order valence-corrected chi connectivity index (χ0v) is 22.3. The molecule has 9 nitrogen and oxygen atoms in total. The highest BCUT2D eigenvalue weighted by atomic mass is 35.5. The summed E-state index contributed by atoms with van der Waals surface area (Å²) in [6, 6.07) is 11.1. The van der Waals surface area contributed by atoms with Gasteiger partial charge in [0.2, 0.25) is 0 Å². The number of hydrogen-bond acceptors (Lipinski definition) is 8. The van der Waals surface area contributed by atoms with Gasteiger partial charge in [-0.15, -0.1) is 0 Å². The molecule has 0 bridgehead atoms. The standard InChI is InChI=1S/C24H28ClN5O4S2/c1-15-13-30(14-16(2)26-15)10-5-11-36(33,34)17-8-9-20-21(12-17)35-24(27-20)29-23(32)28-22(31)18-6-3-4-7-19(18)25/h3-4,6-9,12,15-16,26H,5,10-11,13-14H2,1-2H3,(H2,27,28,29,31,32)/t15-,16?/m0/s1. The van der Waals surface area contributed by atoms with Gasteiger partial charge in [-0.05, 0) is 57.1 Å². The molecule has 1 unspecified atom stereocenters. The number of piperazine rings is 1. The number of carbonyl (C=O) groups excluding carboxylic acids is 2. The van der Waals surface area contributed by atoms with Gasteiger partial charge in [0.05, 0.1) is 31.5 Å². The number of halogens is 1. The van der Waals surface area contributed by atoms with Crippen molar-refractivity contribution in [2.45, 2.75) is 37.2 Å². The molecule has 0 radical (unpaired) electrons. The molecule has 1 aliphatic heterocycles. The van der Waals surface area contributed by atoms with Crippen LogP contribution in [0.4, 0.5) is 9.93 Å². The summed E-state index contributed by atoms with van der Waals surface area (Å²) in [7, 11) is -3.46. The molecule has 1 fully saturated rings. The predicted molar refractivity (Wildman–Crippen MR) is 143 cm³/mol. The monoisotopic (exact) mass is 549 g/mol. The second kappa shape index (κ2) is 11.2. The van der Waals surface area contributed by atoms with E-state index in [1.165, 1.54) is 12.1 Å². The van der Waals surface area contributed by atoms with Gasteiger partial charge in [-0.3, -0.25) is 15.4 Å². The minimum atomic E-state index is -3.46. The molecule has 0 saturated carbocycles. The van der Waals surface area contributed by atoms with Gasteiger partial charge >= 0.3 is 6.03 Å². The number of fused-ring (bicyclic) bond motifs is 1. The van der Waals surface area contributed by atoms with Crippen LogP contribution < -0.4 is 16.0 Å². The minimum Gasteiger partial charge on any atom is -0.309 e. The Morgan fingerprint density at radius 1 is 1.17 bits per heavy atom. The van der Waals surface area contributed by atoms with Gasteiger partial charge in [-0.2, -0.15) is 0 Å². The Morgan fingerprint density at radius 3 is 2.61 bits per heavy atom. The number of rotatable bonds is 7. The van der Waals surface area contributed by atoms with Crippen molar-refractivity contribution in [2.75, 3.05) is 30.7 Å². The summed E-state index contributed by atoms with van der Waals surface area (Å²) in [5.41, 5.74) is 0.727. The molecule has 0 aliphatic carbocycles. The molecule has 2 aromatic carbocycles. The highest BCUT2D eigenvalue weighted by molar-refractivity contribution is 7.91. The van der Waals surface area contributed by atoms with Crippen molar-refractivity contribution in [1.82, 2.24) is 20.5 Å². The van der Waals surface area contributed by atoms with Crippen molar-refractivity contribution in [1.29, 1.82) is 0 Å². The summed E-state index contributed by atoms with van der Waals surface area (Å²) in [6.07, 6.45) is 0.551. The number of sulfone groups is 1. The molecule has 1 aliphatic rings. The number of nitrogens with zero attached hydrogens (tertiary/aromatic N) is 2. The van der Waals surface area contributed by atoms with Crippen molar-refractivity contribution in [3.8, 4) is 0 Å². The first-order valence-corrected chi connectivity index (χ1v) is 14.4. The Kier molecular flexibility index (Phi) is 8.26. The topological polar surface area (TPSA) is 120 Å². The van der Waals surface area contributed by atoms with E-state index >= 15 is 0 Å². The number of thiazole rings is 1. The Labute approximate surface area is 219 Å². The third-order valence-electron chi connectivity index (χ3n) is 5.81. The van der Waals surface area contributed by atoms with Crippen molar-refractivity contribution < 1.29 is 18.0 Å². The highest BCUT2D eigenvalue weighted by Crippen LogP contribution is 2.29. The smallest absolute Gasteiger partial charge is 0.309 e. The van der Waals surface area contributed by atoms with Gasteiger partial charge < -0.3 is 10.2 Å². The lowest BCUT2D eigenvalue weighted by atomic mass is 10.1. The molecule has 1 aromatic heterocycles. The molecule has 12 heteroatoms. The SMILES string of the molecule is CC1CN(CCCS(=O)(=O)c2ccc3nc(NC(=O)NC(=O)c4ccccc4Cl)sc3c2)C[C@H](C)N1. The normalized spacial score (nSPS) is 18.8. The number of carbonyl (C=O) groups is 2. The Morgan fingerprint density at radius 2 is 1.89 bits per heavy atom. The van der Waals surface area contributed by atoms with E-state index in [0.717, 1.165) is 31.0 Å².